The van der Waals surface area contributed by atoms with Crippen molar-refractivity contribution in [1.29, 1.82) is 0 Å². The highest BCUT2D eigenvalue weighted by molar-refractivity contribution is 7.92. The van der Waals surface area contributed by atoms with Crippen LogP contribution in [0.3, 0.4) is 0 Å². The van der Waals surface area contributed by atoms with E-state index in [-0.39, 0.29) is 23.0 Å². The topological polar surface area (TPSA) is 96.0 Å². The van der Waals surface area contributed by atoms with Gasteiger partial charge in [0.2, 0.25) is 11.8 Å². The lowest BCUT2D eigenvalue weighted by atomic mass is 10.1. The van der Waals surface area contributed by atoms with Gasteiger partial charge in [0.05, 0.1) is 17.7 Å². The lowest BCUT2D eigenvalue weighted by Gasteiger charge is -2.33. The van der Waals surface area contributed by atoms with E-state index in [9.17, 15) is 18.0 Å². The maximum Gasteiger partial charge on any atom is 0.264 e. The number of carbonyl (C=O) groups is 2. The molecule has 0 aliphatic rings. The Balaban J connectivity index is 2.05. The molecule has 0 bridgehead atoms. The number of anilines is 1. The van der Waals surface area contributed by atoms with E-state index in [1.807, 2.05) is 13.8 Å². The molecule has 8 nitrogen and oxygen atoms in total. The number of benzene rings is 3. The van der Waals surface area contributed by atoms with Gasteiger partial charge in [-0.25, -0.2) is 8.42 Å². The average Bonchev–Trinajstić information content (AvgIpc) is 2.96. The van der Waals surface area contributed by atoms with Crippen LogP contribution < -0.4 is 14.4 Å². The number of hydrogen-bond donors (Lipinski definition) is 1. The Morgan fingerprint density at radius 1 is 0.949 bits per heavy atom. The van der Waals surface area contributed by atoms with E-state index < -0.39 is 28.5 Å². The third-order valence-electron chi connectivity index (χ3n) is 6.20. The van der Waals surface area contributed by atoms with Crippen molar-refractivity contribution in [3.8, 4) is 5.75 Å². The molecule has 10 heteroatoms. The van der Waals surface area contributed by atoms with Crippen molar-refractivity contribution < 1.29 is 22.7 Å². The fourth-order valence-corrected chi connectivity index (χ4v) is 5.72. The van der Waals surface area contributed by atoms with Crippen LogP contribution in [-0.4, -0.2) is 51.4 Å². The van der Waals surface area contributed by atoms with Crippen molar-refractivity contribution in [1.82, 2.24) is 10.2 Å². The maximum atomic E-state index is 14.0. The first kappa shape index (κ1) is 30.0. The number of sulfonamides is 1. The van der Waals surface area contributed by atoms with Gasteiger partial charge in [0.15, 0.2) is 0 Å². The van der Waals surface area contributed by atoms with Crippen LogP contribution in [0.2, 0.25) is 5.02 Å². The molecular weight excluding hydrogens is 538 g/mol. The first-order chi connectivity index (χ1) is 18.7. The number of nitrogens with one attached hydrogen (secondary N) is 1. The number of ether oxygens (including phenoxy) is 1. The standard InChI is InChI=1S/C29H34ClN3O5S/c1-4-19-31-29(35)27(5-2)32(20-22-11-9-10-14-26(22)30)28(34)21-33(23-15-17-24(38-3)18-16-23)39(36,37)25-12-7-6-8-13-25/h6-18,27H,4-5,19-21H2,1-3H3,(H,31,35)/t27-/m1/s1. The number of halogens is 1. The first-order valence-corrected chi connectivity index (χ1v) is 14.6. The molecule has 3 aromatic carbocycles. The summed E-state index contributed by atoms with van der Waals surface area (Å²) in [5.74, 6) is -0.300. The van der Waals surface area contributed by atoms with E-state index in [0.717, 1.165) is 10.7 Å². The second kappa shape index (κ2) is 14.0. The summed E-state index contributed by atoms with van der Waals surface area (Å²) in [6.07, 6.45) is 1.07. The van der Waals surface area contributed by atoms with Gasteiger partial charge in [-0.05, 0) is 60.9 Å². The number of nitrogens with zero attached hydrogens (tertiary/aromatic N) is 2. The summed E-state index contributed by atoms with van der Waals surface area (Å²) in [5.41, 5.74) is 0.936. The second-order valence-electron chi connectivity index (χ2n) is 8.85. The van der Waals surface area contributed by atoms with Gasteiger partial charge in [-0.15, -0.1) is 0 Å². The van der Waals surface area contributed by atoms with Crippen molar-refractivity contribution in [3.63, 3.8) is 0 Å². The molecule has 0 aromatic heterocycles. The van der Waals surface area contributed by atoms with Gasteiger partial charge in [0, 0.05) is 18.1 Å². The minimum Gasteiger partial charge on any atom is -0.497 e. The zero-order valence-electron chi connectivity index (χ0n) is 22.3. The highest BCUT2D eigenvalue weighted by atomic mass is 35.5. The van der Waals surface area contributed by atoms with Gasteiger partial charge in [0.25, 0.3) is 10.0 Å². The van der Waals surface area contributed by atoms with Crippen molar-refractivity contribution in [3.05, 3.63) is 89.4 Å². The third kappa shape index (κ3) is 7.52. The van der Waals surface area contributed by atoms with Crippen LogP contribution in [0, 0.1) is 0 Å². The Kier molecular flexibility index (Phi) is 10.8. The van der Waals surface area contributed by atoms with Crippen molar-refractivity contribution in [2.75, 3.05) is 24.5 Å². The number of amides is 2. The van der Waals surface area contributed by atoms with Crippen LogP contribution in [0.15, 0.2) is 83.8 Å². The normalized spacial score (nSPS) is 11.9. The predicted molar refractivity (Wildman–Crippen MR) is 153 cm³/mol. The average molecular weight is 572 g/mol. The molecule has 0 radical (unpaired) electrons. The second-order valence-corrected chi connectivity index (χ2v) is 11.1. The van der Waals surface area contributed by atoms with E-state index in [1.54, 1.807) is 66.7 Å². The van der Waals surface area contributed by atoms with Crippen molar-refractivity contribution in [2.45, 2.75) is 44.2 Å². The van der Waals surface area contributed by atoms with Crippen LogP contribution in [0.25, 0.3) is 0 Å². The molecule has 3 rings (SSSR count). The molecule has 2 amide bonds. The minimum atomic E-state index is -4.13. The van der Waals surface area contributed by atoms with Crippen molar-refractivity contribution >= 4 is 39.1 Å². The van der Waals surface area contributed by atoms with Crippen LogP contribution in [0.5, 0.6) is 5.75 Å². The predicted octanol–water partition coefficient (Wildman–Crippen LogP) is 4.88. The van der Waals surface area contributed by atoms with E-state index in [1.165, 1.54) is 24.1 Å². The summed E-state index contributed by atoms with van der Waals surface area (Å²) in [6.45, 7) is 3.73. The molecule has 0 saturated heterocycles. The number of rotatable bonds is 13. The van der Waals surface area contributed by atoms with Gasteiger partial charge in [0.1, 0.15) is 18.3 Å². The summed E-state index contributed by atoms with van der Waals surface area (Å²) in [6, 6.07) is 20.6. The van der Waals surface area contributed by atoms with Gasteiger partial charge >= 0.3 is 0 Å². The Labute approximate surface area is 235 Å². The summed E-state index contributed by atoms with van der Waals surface area (Å²) >= 11 is 6.41. The van der Waals surface area contributed by atoms with E-state index in [2.05, 4.69) is 5.32 Å². The fraction of sp³-hybridized carbons (Fsp3) is 0.310. The third-order valence-corrected chi connectivity index (χ3v) is 8.36. The molecule has 1 atom stereocenters. The molecule has 208 valence electrons. The van der Waals surface area contributed by atoms with Gasteiger partial charge in [-0.2, -0.15) is 0 Å². The minimum absolute atomic E-state index is 0.0401. The molecule has 0 unspecified atom stereocenters. The van der Waals surface area contributed by atoms with Crippen LogP contribution in [-0.2, 0) is 26.2 Å². The molecule has 0 aliphatic heterocycles. The molecular formula is C29H34ClN3O5S. The lowest BCUT2D eigenvalue weighted by Crippen LogP contribution is -2.52. The quantitative estimate of drug-likeness (QED) is 0.315. The largest absolute Gasteiger partial charge is 0.497 e. The van der Waals surface area contributed by atoms with E-state index in [4.69, 9.17) is 16.3 Å². The fourth-order valence-electron chi connectivity index (χ4n) is 4.09. The molecule has 0 spiro atoms. The molecule has 0 aliphatic carbocycles. The maximum absolute atomic E-state index is 14.0. The molecule has 1 N–H and O–H groups in total. The molecule has 0 heterocycles. The summed E-state index contributed by atoms with van der Waals surface area (Å²) in [5, 5.41) is 3.31. The Morgan fingerprint density at radius 2 is 1.59 bits per heavy atom. The number of methoxy groups -OCH3 is 1. The van der Waals surface area contributed by atoms with Gasteiger partial charge < -0.3 is 15.0 Å². The van der Waals surface area contributed by atoms with Crippen LogP contribution in [0.4, 0.5) is 5.69 Å². The van der Waals surface area contributed by atoms with E-state index >= 15 is 0 Å². The summed E-state index contributed by atoms with van der Waals surface area (Å²) in [7, 11) is -2.62. The highest BCUT2D eigenvalue weighted by Crippen LogP contribution is 2.27. The zero-order valence-corrected chi connectivity index (χ0v) is 23.9. The monoisotopic (exact) mass is 571 g/mol. The van der Waals surface area contributed by atoms with Crippen molar-refractivity contribution in [2.24, 2.45) is 0 Å². The smallest absolute Gasteiger partial charge is 0.264 e. The summed E-state index contributed by atoms with van der Waals surface area (Å²) < 4.78 is 33.9. The highest BCUT2D eigenvalue weighted by Gasteiger charge is 2.33. The van der Waals surface area contributed by atoms with E-state index in [0.29, 0.717) is 29.3 Å². The zero-order chi connectivity index (χ0) is 28.4. The van der Waals surface area contributed by atoms with Gasteiger partial charge in [-0.1, -0.05) is 61.8 Å². The lowest BCUT2D eigenvalue weighted by molar-refractivity contribution is -0.140. The van der Waals surface area contributed by atoms with Crippen LogP contribution in [0.1, 0.15) is 32.3 Å². The SMILES string of the molecule is CCCNC(=O)[C@@H](CC)N(Cc1ccccc1Cl)C(=O)CN(c1ccc(OC)cc1)S(=O)(=O)c1ccccc1. The Bertz CT molecular complexity index is 1350. The van der Waals surface area contributed by atoms with Crippen LogP contribution >= 0.6 is 11.6 Å². The molecule has 0 saturated carbocycles. The Morgan fingerprint density at radius 3 is 2.18 bits per heavy atom. The van der Waals surface area contributed by atoms with Gasteiger partial charge in [-0.3, -0.25) is 13.9 Å². The molecule has 3 aromatic rings. The summed E-state index contributed by atoms with van der Waals surface area (Å²) in [4.78, 5) is 28.6. The number of hydrogen-bond acceptors (Lipinski definition) is 5. The molecule has 0 fully saturated rings. The first-order valence-electron chi connectivity index (χ1n) is 12.7. The number of carbonyl (C=O) groups excluding carboxylic acids is 2. The Hall–Kier alpha value is -3.56. The molecule has 39 heavy (non-hydrogen) atoms.